The number of aromatic amines is 1. The standard InChI is InChI=1S/C17H19N3O/c1-21-9-3-4-15-7-6-13(11-19-15)10-14-12-20-17-16(14)5-2-8-18-17/h2,5-8,11-12H,3-4,9-10H2,1H3,(H,18,20). The van der Waals surface area contributed by atoms with Gasteiger partial charge < -0.3 is 9.72 Å². The lowest BCUT2D eigenvalue weighted by Crippen LogP contribution is -1.96. The maximum atomic E-state index is 5.06. The number of nitrogens with zero attached hydrogens (tertiary/aromatic N) is 2. The molecule has 108 valence electrons. The van der Waals surface area contributed by atoms with Gasteiger partial charge in [-0.15, -0.1) is 0 Å². The van der Waals surface area contributed by atoms with Crippen molar-refractivity contribution in [2.24, 2.45) is 0 Å². The Kier molecular flexibility index (Phi) is 4.26. The molecule has 21 heavy (non-hydrogen) atoms. The van der Waals surface area contributed by atoms with E-state index in [1.165, 1.54) is 16.5 Å². The summed E-state index contributed by atoms with van der Waals surface area (Å²) in [7, 11) is 1.73. The van der Waals surface area contributed by atoms with Crippen molar-refractivity contribution in [1.29, 1.82) is 0 Å². The zero-order valence-electron chi connectivity index (χ0n) is 12.2. The van der Waals surface area contributed by atoms with Crippen LogP contribution in [0.2, 0.25) is 0 Å². The van der Waals surface area contributed by atoms with Gasteiger partial charge in [0.05, 0.1) is 0 Å². The minimum Gasteiger partial charge on any atom is -0.385 e. The highest BCUT2D eigenvalue weighted by Crippen LogP contribution is 2.19. The summed E-state index contributed by atoms with van der Waals surface area (Å²) in [5.74, 6) is 0. The number of rotatable bonds is 6. The maximum Gasteiger partial charge on any atom is 0.137 e. The summed E-state index contributed by atoms with van der Waals surface area (Å²) in [6, 6.07) is 8.33. The molecule has 3 aromatic rings. The summed E-state index contributed by atoms with van der Waals surface area (Å²) >= 11 is 0. The first-order chi connectivity index (χ1) is 10.4. The predicted octanol–water partition coefficient (Wildman–Crippen LogP) is 3.13. The highest BCUT2D eigenvalue weighted by atomic mass is 16.5. The van der Waals surface area contributed by atoms with Gasteiger partial charge in [0, 0.05) is 49.8 Å². The first-order valence-corrected chi connectivity index (χ1v) is 7.20. The minimum absolute atomic E-state index is 0.784. The van der Waals surface area contributed by atoms with Crippen LogP contribution in [0, 0.1) is 0 Å². The van der Waals surface area contributed by atoms with Crippen molar-refractivity contribution < 1.29 is 4.74 Å². The number of ether oxygens (including phenoxy) is 1. The number of methoxy groups -OCH3 is 1. The monoisotopic (exact) mass is 281 g/mol. The van der Waals surface area contributed by atoms with Crippen molar-refractivity contribution in [1.82, 2.24) is 15.0 Å². The Labute approximate surface area is 124 Å². The second-order valence-corrected chi connectivity index (χ2v) is 5.14. The van der Waals surface area contributed by atoms with E-state index in [0.717, 1.165) is 37.2 Å². The quantitative estimate of drug-likeness (QED) is 0.706. The topological polar surface area (TPSA) is 50.8 Å². The van der Waals surface area contributed by atoms with Gasteiger partial charge >= 0.3 is 0 Å². The Bertz CT molecular complexity index is 703. The summed E-state index contributed by atoms with van der Waals surface area (Å²) in [4.78, 5) is 12.1. The molecule has 0 atom stereocenters. The third-order valence-electron chi connectivity index (χ3n) is 3.60. The number of hydrogen-bond donors (Lipinski definition) is 1. The molecular weight excluding hydrogens is 262 g/mol. The number of fused-ring (bicyclic) bond motifs is 1. The normalized spacial score (nSPS) is 11.1. The SMILES string of the molecule is COCCCc1ccc(Cc2c[nH]c3ncccc23)cn1. The van der Waals surface area contributed by atoms with Crippen molar-refractivity contribution >= 4 is 11.0 Å². The zero-order chi connectivity index (χ0) is 14.5. The molecule has 0 aliphatic rings. The highest BCUT2D eigenvalue weighted by Gasteiger charge is 2.05. The second-order valence-electron chi connectivity index (χ2n) is 5.14. The molecule has 3 rings (SSSR count). The van der Waals surface area contributed by atoms with Gasteiger partial charge in [0.15, 0.2) is 0 Å². The first-order valence-electron chi connectivity index (χ1n) is 7.20. The maximum absolute atomic E-state index is 5.06. The summed E-state index contributed by atoms with van der Waals surface area (Å²) in [6.45, 7) is 0.784. The molecule has 4 nitrogen and oxygen atoms in total. The lowest BCUT2D eigenvalue weighted by Gasteiger charge is -2.03. The molecule has 1 N–H and O–H groups in total. The van der Waals surface area contributed by atoms with Gasteiger partial charge in [0.2, 0.25) is 0 Å². The Hall–Kier alpha value is -2.20. The van der Waals surface area contributed by atoms with Crippen LogP contribution in [-0.4, -0.2) is 28.7 Å². The van der Waals surface area contributed by atoms with Gasteiger partial charge in [-0.05, 0) is 42.2 Å². The van der Waals surface area contributed by atoms with Gasteiger partial charge in [-0.1, -0.05) is 6.07 Å². The van der Waals surface area contributed by atoms with Gasteiger partial charge in [0.25, 0.3) is 0 Å². The second kappa shape index (κ2) is 6.50. The van der Waals surface area contributed by atoms with E-state index >= 15 is 0 Å². The smallest absolute Gasteiger partial charge is 0.137 e. The molecule has 0 aromatic carbocycles. The molecule has 0 spiro atoms. The third kappa shape index (κ3) is 3.28. The molecule has 0 fully saturated rings. The van der Waals surface area contributed by atoms with Gasteiger partial charge in [-0.3, -0.25) is 4.98 Å². The summed E-state index contributed by atoms with van der Waals surface area (Å²) < 4.78 is 5.06. The molecule has 0 aliphatic heterocycles. The molecule has 0 amide bonds. The fourth-order valence-electron chi connectivity index (χ4n) is 2.48. The molecule has 4 heteroatoms. The third-order valence-corrected chi connectivity index (χ3v) is 3.60. The van der Waals surface area contributed by atoms with E-state index in [2.05, 4.69) is 33.2 Å². The van der Waals surface area contributed by atoms with E-state index < -0.39 is 0 Å². The molecule has 0 aliphatic carbocycles. The van der Waals surface area contributed by atoms with E-state index in [1.54, 1.807) is 13.3 Å². The van der Waals surface area contributed by atoms with Crippen molar-refractivity contribution in [3.63, 3.8) is 0 Å². The van der Waals surface area contributed by atoms with Crippen LogP contribution < -0.4 is 0 Å². The van der Waals surface area contributed by atoms with Crippen LogP contribution in [-0.2, 0) is 17.6 Å². The zero-order valence-corrected chi connectivity index (χ0v) is 12.2. The van der Waals surface area contributed by atoms with Crippen LogP contribution in [0.25, 0.3) is 11.0 Å². The van der Waals surface area contributed by atoms with Crippen LogP contribution in [0.3, 0.4) is 0 Å². The van der Waals surface area contributed by atoms with E-state index in [-0.39, 0.29) is 0 Å². The van der Waals surface area contributed by atoms with E-state index in [4.69, 9.17) is 4.74 Å². The Morgan fingerprint density at radius 1 is 1.19 bits per heavy atom. The van der Waals surface area contributed by atoms with E-state index in [1.807, 2.05) is 18.5 Å². The highest BCUT2D eigenvalue weighted by molar-refractivity contribution is 5.79. The Balaban J connectivity index is 1.70. The number of pyridine rings is 2. The lowest BCUT2D eigenvalue weighted by molar-refractivity contribution is 0.195. The summed E-state index contributed by atoms with van der Waals surface area (Å²) in [5, 5.41) is 1.18. The number of hydrogen-bond acceptors (Lipinski definition) is 3. The number of aromatic nitrogens is 3. The minimum atomic E-state index is 0.784. The lowest BCUT2D eigenvalue weighted by atomic mass is 10.1. The first kappa shape index (κ1) is 13.8. The van der Waals surface area contributed by atoms with Crippen molar-refractivity contribution in [2.75, 3.05) is 13.7 Å². The molecule has 3 heterocycles. The van der Waals surface area contributed by atoms with Gasteiger partial charge in [-0.2, -0.15) is 0 Å². The molecule has 0 radical (unpaired) electrons. The van der Waals surface area contributed by atoms with Crippen LogP contribution >= 0.6 is 0 Å². The van der Waals surface area contributed by atoms with Crippen molar-refractivity contribution in [3.8, 4) is 0 Å². The van der Waals surface area contributed by atoms with Gasteiger partial charge in [-0.25, -0.2) is 4.98 Å². The van der Waals surface area contributed by atoms with Crippen LogP contribution in [0.1, 0.15) is 23.2 Å². The molecule has 0 unspecified atom stereocenters. The molecule has 0 bridgehead atoms. The van der Waals surface area contributed by atoms with Crippen LogP contribution in [0.15, 0.2) is 42.9 Å². The molecule has 3 aromatic heterocycles. The van der Waals surface area contributed by atoms with E-state index in [0.29, 0.717) is 0 Å². The Morgan fingerprint density at radius 3 is 2.95 bits per heavy atom. The molecule has 0 saturated heterocycles. The average molecular weight is 281 g/mol. The fourth-order valence-corrected chi connectivity index (χ4v) is 2.48. The van der Waals surface area contributed by atoms with Crippen LogP contribution in [0.4, 0.5) is 0 Å². The Morgan fingerprint density at radius 2 is 2.14 bits per heavy atom. The fraction of sp³-hybridized carbons (Fsp3) is 0.294. The number of nitrogens with one attached hydrogen (secondary N) is 1. The largest absolute Gasteiger partial charge is 0.385 e. The molecule has 0 saturated carbocycles. The number of aryl methyl sites for hydroxylation is 1. The van der Waals surface area contributed by atoms with Crippen molar-refractivity contribution in [3.05, 3.63) is 59.7 Å². The summed E-state index contributed by atoms with van der Waals surface area (Å²) in [6.07, 6.45) is 8.65. The van der Waals surface area contributed by atoms with E-state index in [9.17, 15) is 0 Å². The predicted molar refractivity (Wildman–Crippen MR) is 83.3 cm³/mol. The number of H-pyrrole nitrogens is 1. The summed E-state index contributed by atoms with van der Waals surface area (Å²) in [5.41, 5.74) is 4.54. The molecular formula is C17H19N3O. The average Bonchev–Trinajstić information content (AvgIpc) is 2.93. The van der Waals surface area contributed by atoms with Gasteiger partial charge in [0.1, 0.15) is 5.65 Å². The van der Waals surface area contributed by atoms with Crippen LogP contribution in [0.5, 0.6) is 0 Å². The van der Waals surface area contributed by atoms with Crippen molar-refractivity contribution in [2.45, 2.75) is 19.3 Å².